The van der Waals surface area contributed by atoms with Crippen molar-refractivity contribution in [1.82, 2.24) is 0 Å². The van der Waals surface area contributed by atoms with Crippen molar-refractivity contribution in [2.75, 3.05) is 13.2 Å². The fourth-order valence-electron chi connectivity index (χ4n) is 2.16. The predicted molar refractivity (Wildman–Crippen MR) is 53.5 cm³/mol. The SMILES string of the molecule is NC1(COCCC2CC2)CCCC1. The van der Waals surface area contributed by atoms with Crippen LogP contribution in [-0.2, 0) is 4.74 Å². The largest absolute Gasteiger partial charge is 0.380 e. The smallest absolute Gasteiger partial charge is 0.0646 e. The van der Waals surface area contributed by atoms with E-state index in [1.54, 1.807) is 0 Å². The minimum absolute atomic E-state index is 0.0313. The second kappa shape index (κ2) is 3.97. The molecule has 0 aliphatic heterocycles. The molecule has 0 radical (unpaired) electrons. The molecule has 0 aromatic heterocycles. The molecule has 0 bridgehead atoms. The lowest BCUT2D eigenvalue weighted by molar-refractivity contribution is 0.0826. The van der Waals surface area contributed by atoms with E-state index in [1.807, 2.05) is 0 Å². The van der Waals surface area contributed by atoms with Gasteiger partial charge in [-0.25, -0.2) is 0 Å². The van der Waals surface area contributed by atoms with Crippen LogP contribution < -0.4 is 5.73 Å². The van der Waals surface area contributed by atoms with Crippen molar-refractivity contribution in [2.24, 2.45) is 11.7 Å². The first-order valence-corrected chi connectivity index (χ1v) is 5.65. The van der Waals surface area contributed by atoms with Crippen LogP contribution in [-0.4, -0.2) is 18.8 Å². The van der Waals surface area contributed by atoms with Crippen LogP contribution in [0.1, 0.15) is 44.9 Å². The third-order valence-electron chi connectivity index (χ3n) is 3.36. The molecule has 76 valence electrons. The van der Waals surface area contributed by atoms with Crippen LogP contribution in [0.5, 0.6) is 0 Å². The van der Waals surface area contributed by atoms with Gasteiger partial charge in [0.05, 0.1) is 6.61 Å². The van der Waals surface area contributed by atoms with Crippen LogP contribution in [0.4, 0.5) is 0 Å². The molecule has 0 saturated heterocycles. The highest BCUT2D eigenvalue weighted by atomic mass is 16.5. The zero-order chi connectivity index (χ0) is 9.15. The minimum atomic E-state index is 0.0313. The van der Waals surface area contributed by atoms with Gasteiger partial charge in [0.15, 0.2) is 0 Å². The first-order valence-electron chi connectivity index (χ1n) is 5.65. The fraction of sp³-hybridized carbons (Fsp3) is 1.00. The molecule has 0 aromatic carbocycles. The van der Waals surface area contributed by atoms with Crippen molar-refractivity contribution in [3.63, 3.8) is 0 Å². The zero-order valence-electron chi connectivity index (χ0n) is 8.43. The zero-order valence-corrected chi connectivity index (χ0v) is 8.43. The number of rotatable bonds is 5. The summed E-state index contributed by atoms with van der Waals surface area (Å²) in [6, 6.07) is 0. The summed E-state index contributed by atoms with van der Waals surface area (Å²) in [6.45, 7) is 1.73. The summed E-state index contributed by atoms with van der Waals surface area (Å²) in [5.74, 6) is 0.984. The summed E-state index contributed by atoms with van der Waals surface area (Å²) >= 11 is 0. The van der Waals surface area contributed by atoms with Crippen LogP contribution >= 0.6 is 0 Å². The van der Waals surface area contributed by atoms with E-state index in [2.05, 4.69) is 0 Å². The van der Waals surface area contributed by atoms with Gasteiger partial charge in [0.1, 0.15) is 0 Å². The van der Waals surface area contributed by atoms with Crippen molar-refractivity contribution in [3.05, 3.63) is 0 Å². The summed E-state index contributed by atoms with van der Waals surface area (Å²) in [4.78, 5) is 0. The normalized spacial score (nSPS) is 26.5. The maximum atomic E-state index is 6.17. The monoisotopic (exact) mass is 183 g/mol. The lowest BCUT2D eigenvalue weighted by Crippen LogP contribution is -2.41. The Morgan fingerprint density at radius 1 is 1.23 bits per heavy atom. The summed E-state index contributed by atoms with van der Waals surface area (Å²) in [5, 5.41) is 0. The van der Waals surface area contributed by atoms with Gasteiger partial charge < -0.3 is 10.5 Å². The molecule has 0 amide bonds. The molecular formula is C11H21NO. The highest BCUT2D eigenvalue weighted by Crippen LogP contribution is 2.32. The van der Waals surface area contributed by atoms with Crippen LogP contribution in [0.3, 0.4) is 0 Å². The van der Waals surface area contributed by atoms with Gasteiger partial charge in [-0.1, -0.05) is 25.7 Å². The molecule has 0 aromatic rings. The predicted octanol–water partition coefficient (Wildman–Crippen LogP) is 2.07. The topological polar surface area (TPSA) is 35.2 Å². The van der Waals surface area contributed by atoms with E-state index >= 15 is 0 Å². The molecule has 2 aliphatic rings. The van der Waals surface area contributed by atoms with Gasteiger partial charge in [0, 0.05) is 12.1 Å². The van der Waals surface area contributed by atoms with Crippen molar-refractivity contribution in [3.8, 4) is 0 Å². The van der Waals surface area contributed by atoms with Crippen LogP contribution in [0.25, 0.3) is 0 Å². The van der Waals surface area contributed by atoms with E-state index in [0.717, 1.165) is 32.0 Å². The maximum absolute atomic E-state index is 6.17. The van der Waals surface area contributed by atoms with Crippen molar-refractivity contribution in [1.29, 1.82) is 0 Å². The van der Waals surface area contributed by atoms with E-state index in [1.165, 1.54) is 32.1 Å². The van der Waals surface area contributed by atoms with Gasteiger partial charge in [-0.05, 0) is 25.2 Å². The van der Waals surface area contributed by atoms with Crippen molar-refractivity contribution in [2.45, 2.75) is 50.5 Å². The van der Waals surface area contributed by atoms with Crippen molar-refractivity contribution < 1.29 is 4.74 Å². The average molecular weight is 183 g/mol. The summed E-state index contributed by atoms with van der Waals surface area (Å²) in [5.41, 5.74) is 6.20. The Labute approximate surface area is 80.8 Å². The fourth-order valence-corrected chi connectivity index (χ4v) is 2.16. The molecule has 2 saturated carbocycles. The van der Waals surface area contributed by atoms with Gasteiger partial charge in [0.2, 0.25) is 0 Å². The number of hydrogen-bond acceptors (Lipinski definition) is 2. The lowest BCUT2D eigenvalue weighted by Gasteiger charge is -2.23. The third kappa shape index (κ3) is 2.96. The number of nitrogens with two attached hydrogens (primary N) is 1. The van der Waals surface area contributed by atoms with Crippen LogP contribution in [0.2, 0.25) is 0 Å². The van der Waals surface area contributed by atoms with Gasteiger partial charge in [0.25, 0.3) is 0 Å². The van der Waals surface area contributed by atoms with Crippen molar-refractivity contribution >= 4 is 0 Å². The lowest BCUT2D eigenvalue weighted by atomic mass is 10.0. The standard InChI is InChI=1S/C11H21NO/c12-11(6-1-2-7-11)9-13-8-5-10-3-4-10/h10H,1-9,12H2. The van der Waals surface area contributed by atoms with E-state index in [-0.39, 0.29) is 5.54 Å². The number of hydrogen-bond donors (Lipinski definition) is 1. The second-order valence-electron chi connectivity index (χ2n) is 4.85. The van der Waals surface area contributed by atoms with Gasteiger partial charge in [-0.2, -0.15) is 0 Å². The Balaban J connectivity index is 1.55. The molecule has 0 unspecified atom stereocenters. The number of ether oxygens (including phenoxy) is 1. The van der Waals surface area contributed by atoms with E-state index < -0.39 is 0 Å². The Bertz CT molecular complexity index is 159. The first-order chi connectivity index (χ1) is 6.29. The summed E-state index contributed by atoms with van der Waals surface area (Å²) < 4.78 is 5.65. The first kappa shape index (κ1) is 9.47. The Hall–Kier alpha value is -0.0800. The molecule has 2 rings (SSSR count). The van der Waals surface area contributed by atoms with Gasteiger partial charge in [-0.3, -0.25) is 0 Å². The molecule has 0 spiro atoms. The quantitative estimate of drug-likeness (QED) is 0.662. The highest BCUT2D eigenvalue weighted by molar-refractivity contribution is 4.88. The molecule has 0 heterocycles. The van der Waals surface area contributed by atoms with Crippen LogP contribution in [0.15, 0.2) is 0 Å². The molecule has 13 heavy (non-hydrogen) atoms. The van der Waals surface area contributed by atoms with E-state index in [4.69, 9.17) is 10.5 Å². The average Bonchev–Trinajstić information content (AvgIpc) is 2.84. The van der Waals surface area contributed by atoms with Crippen LogP contribution in [0, 0.1) is 5.92 Å². The minimum Gasteiger partial charge on any atom is -0.380 e. The molecule has 2 nitrogen and oxygen atoms in total. The Kier molecular flexibility index (Phi) is 2.89. The molecule has 2 heteroatoms. The Morgan fingerprint density at radius 3 is 2.54 bits per heavy atom. The van der Waals surface area contributed by atoms with E-state index in [0.29, 0.717) is 0 Å². The van der Waals surface area contributed by atoms with Gasteiger partial charge in [-0.15, -0.1) is 0 Å². The summed E-state index contributed by atoms with van der Waals surface area (Å²) in [7, 11) is 0. The second-order valence-corrected chi connectivity index (χ2v) is 4.85. The molecule has 2 fully saturated rings. The Morgan fingerprint density at radius 2 is 1.92 bits per heavy atom. The highest BCUT2D eigenvalue weighted by Gasteiger charge is 2.29. The molecule has 0 atom stereocenters. The molecular weight excluding hydrogens is 162 g/mol. The summed E-state index contributed by atoms with van der Waals surface area (Å²) in [6.07, 6.45) is 9.03. The molecule has 2 aliphatic carbocycles. The third-order valence-corrected chi connectivity index (χ3v) is 3.36. The van der Waals surface area contributed by atoms with Gasteiger partial charge >= 0.3 is 0 Å². The van der Waals surface area contributed by atoms with E-state index in [9.17, 15) is 0 Å². The molecule has 2 N–H and O–H groups in total. The maximum Gasteiger partial charge on any atom is 0.0646 e.